The van der Waals surface area contributed by atoms with Gasteiger partial charge >= 0.3 is 6.01 Å². The van der Waals surface area contributed by atoms with Gasteiger partial charge in [-0.25, -0.2) is 8.42 Å². The zero-order valence-electron chi connectivity index (χ0n) is 12.9. The molecule has 1 amide bonds. The largest absolute Gasteiger partial charge is 0.403 e. The van der Waals surface area contributed by atoms with Crippen LogP contribution in [0.5, 0.6) is 0 Å². The lowest BCUT2D eigenvalue weighted by atomic mass is 10.2. The molecule has 25 heavy (non-hydrogen) atoms. The van der Waals surface area contributed by atoms with Crippen molar-refractivity contribution in [3.05, 3.63) is 58.6 Å². The number of benzene rings is 2. The van der Waals surface area contributed by atoms with Gasteiger partial charge in [0.25, 0.3) is 5.91 Å². The molecule has 0 aliphatic carbocycles. The van der Waals surface area contributed by atoms with E-state index in [0.717, 1.165) is 10.7 Å². The fourth-order valence-corrected chi connectivity index (χ4v) is 3.44. The van der Waals surface area contributed by atoms with Gasteiger partial charge in [0.05, 0.1) is 10.5 Å². The fraction of sp³-hybridized carbons (Fsp3) is 0.0625. The number of hydrogen-bond acceptors (Lipinski definition) is 6. The third kappa shape index (κ3) is 3.94. The lowest BCUT2D eigenvalue weighted by Gasteiger charge is -2.06. The predicted octanol–water partition coefficient (Wildman–Crippen LogP) is 3.15. The number of carbonyl (C=O) groups is 1. The van der Waals surface area contributed by atoms with E-state index in [1.807, 2.05) is 12.1 Å². The van der Waals surface area contributed by atoms with E-state index in [2.05, 4.69) is 31.4 Å². The summed E-state index contributed by atoms with van der Waals surface area (Å²) in [7, 11) is -3.55. The van der Waals surface area contributed by atoms with E-state index in [4.69, 9.17) is 4.42 Å². The maximum atomic E-state index is 12.4. The van der Waals surface area contributed by atoms with E-state index >= 15 is 0 Å². The standard InChI is InChI=1S/C16H12BrN3O4S/c1-25(22,23)13-8-3-2-7-12(13)14(21)18-16-20-19-15(24-16)10-5-4-6-11(17)9-10/h2-9H,1H3,(H,18,20,21). The Bertz CT molecular complexity index is 1050. The van der Waals surface area contributed by atoms with Gasteiger partial charge in [0, 0.05) is 16.3 Å². The second-order valence-electron chi connectivity index (χ2n) is 5.15. The molecule has 3 aromatic rings. The number of hydrogen-bond donors (Lipinski definition) is 1. The number of rotatable bonds is 4. The molecule has 3 rings (SSSR count). The highest BCUT2D eigenvalue weighted by molar-refractivity contribution is 9.10. The summed E-state index contributed by atoms with van der Waals surface area (Å²) in [4.78, 5) is 12.3. The number of halogens is 1. The number of nitrogens with zero attached hydrogens (tertiary/aromatic N) is 2. The normalized spacial score (nSPS) is 11.3. The average Bonchev–Trinajstić information content (AvgIpc) is 3.02. The van der Waals surface area contributed by atoms with Crippen molar-refractivity contribution in [1.82, 2.24) is 10.2 Å². The molecule has 0 bridgehead atoms. The Kier molecular flexibility index (Phi) is 4.69. The maximum absolute atomic E-state index is 12.4. The van der Waals surface area contributed by atoms with Crippen molar-refractivity contribution >= 4 is 37.7 Å². The Hall–Kier alpha value is -2.52. The first-order valence-corrected chi connectivity index (χ1v) is 9.73. The predicted molar refractivity (Wildman–Crippen MR) is 94.9 cm³/mol. The van der Waals surface area contributed by atoms with E-state index in [-0.39, 0.29) is 22.4 Å². The first-order valence-electron chi connectivity index (χ1n) is 7.04. The molecule has 0 aliphatic rings. The summed E-state index contributed by atoms with van der Waals surface area (Å²) in [5.41, 5.74) is 0.686. The monoisotopic (exact) mass is 421 g/mol. The molecule has 0 atom stereocenters. The van der Waals surface area contributed by atoms with Crippen LogP contribution in [0.4, 0.5) is 6.01 Å². The third-order valence-electron chi connectivity index (χ3n) is 3.25. The maximum Gasteiger partial charge on any atom is 0.322 e. The number of anilines is 1. The minimum absolute atomic E-state index is 0.00667. The van der Waals surface area contributed by atoms with Crippen LogP contribution in [0.25, 0.3) is 11.5 Å². The Morgan fingerprint density at radius 3 is 2.60 bits per heavy atom. The summed E-state index contributed by atoms with van der Waals surface area (Å²) in [6.07, 6.45) is 1.04. The molecule has 0 spiro atoms. The first kappa shape index (κ1) is 17.3. The van der Waals surface area contributed by atoms with Gasteiger partial charge in [-0.2, -0.15) is 0 Å². The molecule has 0 saturated heterocycles. The first-order chi connectivity index (χ1) is 11.8. The molecular weight excluding hydrogens is 410 g/mol. The number of amides is 1. The molecule has 0 aliphatic heterocycles. The Labute approximate surface area is 152 Å². The van der Waals surface area contributed by atoms with Gasteiger partial charge < -0.3 is 4.42 Å². The van der Waals surface area contributed by atoms with Crippen molar-refractivity contribution in [3.63, 3.8) is 0 Å². The van der Waals surface area contributed by atoms with E-state index in [1.165, 1.54) is 12.1 Å². The zero-order chi connectivity index (χ0) is 18.0. The minimum atomic E-state index is -3.55. The van der Waals surface area contributed by atoms with Crippen LogP contribution in [0.15, 0.2) is 62.3 Å². The number of nitrogens with one attached hydrogen (secondary N) is 1. The van der Waals surface area contributed by atoms with Gasteiger partial charge in [-0.1, -0.05) is 39.2 Å². The lowest BCUT2D eigenvalue weighted by Crippen LogP contribution is -2.16. The number of carbonyl (C=O) groups excluding carboxylic acids is 1. The van der Waals surface area contributed by atoms with Crippen LogP contribution in [0, 0.1) is 0 Å². The molecule has 7 nitrogen and oxygen atoms in total. The topological polar surface area (TPSA) is 102 Å². The van der Waals surface area contributed by atoms with E-state index in [9.17, 15) is 13.2 Å². The molecule has 1 N–H and O–H groups in total. The van der Waals surface area contributed by atoms with E-state index in [0.29, 0.717) is 5.56 Å². The van der Waals surface area contributed by atoms with Crippen molar-refractivity contribution < 1.29 is 17.6 Å². The summed E-state index contributed by atoms with van der Waals surface area (Å²) in [5, 5.41) is 10.1. The van der Waals surface area contributed by atoms with Crippen LogP contribution in [-0.4, -0.2) is 30.8 Å². The number of aromatic nitrogens is 2. The average molecular weight is 422 g/mol. The molecule has 128 valence electrons. The van der Waals surface area contributed by atoms with Crippen LogP contribution < -0.4 is 5.32 Å². The van der Waals surface area contributed by atoms with Crippen molar-refractivity contribution in [3.8, 4) is 11.5 Å². The highest BCUT2D eigenvalue weighted by Gasteiger charge is 2.20. The van der Waals surface area contributed by atoms with Crippen LogP contribution in [0.2, 0.25) is 0 Å². The van der Waals surface area contributed by atoms with Crippen LogP contribution in [0.3, 0.4) is 0 Å². The summed E-state index contributed by atoms with van der Waals surface area (Å²) in [5.74, 6) is -0.418. The number of sulfone groups is 1. The van der Waals surface area contributed by atoms with E-state index < -0.39 is 15.7 Å². The quantitative estimate of drug-likeness (QED) is 0.693. The molecule has 0 fully saturated rings. The van der Waals surface area contributed by atoms with E-state index in [1.54, 1.807) is 24.3 Å². The zero-order valence-corrected chi connectivity index (χ0v) is 15.3. The molecule has 0 radical (unpaired) electrons. The minimum Gasteiger partial charge on any atom is -0.403 e. The molecule has 0 unspecified atom stereocenters. The SMILES string of the molecule is CS(=O)(=O)c1ccccc1C(=O)Nc1nnc(-c2cccc(Br)c2)o1. The van der Waals surface area contributed by atoms with Crippen LogP contribution in [-0.2, 0) is 9.84 Å². The molecule has 1 aromatic heterocycles. The van der Waals surface area contributed by atoms with Crippen molar-refractivity contribution in [2.45, 2.75) is 4.90 Å². The molecule has 9 heteroatoms. The third-order valence-corrected chi connectivity index (χ3v) is 4.90. The Balaban J connectivity index is 1.86. The molecule has 2 aromatic carbocycles. The molecule has 1 heterocycles. The van der Waals surface area contributed by atoms with Gasteiger partial charge in [0.2, 0.25) is 5.89 Å². The summed E-state index contributed by atoms with van der Waals surface area (Å²) >= 11 is 3.35. The second-order valence-corrected chi connectivity index (χ2v) is 8.04. The van der Waals surface area contributed by atoms with Gasteiger partial charge in [0.15, 0.2) is 9.84 Å². The smallest absolute Gasteiger partial charge is 0.322 e. The van der Waals surface area contributed by atoms with Crippen LogP contribution >= 0.6 is 15.9 Å². The summed E-state index contributed by atoms with van der Waals surface area (Å²) < 4.78 is 29.9. The van der Waals surface area contributed by atoms with Crippen molar-refractivity contribution in [2.24, 2.45) is 0 Å². The summed E-state index contributed by atoms with van der Waals surface area (Å²) in [6.45, 7) is 0. The lowest BCUT2D eigenvalue weighted by molar-refractivity contribution is 0.102. The fourth-order valence-electron chi connectivity index (χ4n) is 2.15. The second kappa shape index (κ2) is 6.77. The Morgan fingerprint density at radius 2 is 1.88 bits per heavy atom. The molecule has 0 saturated carbocycles. The van der Waals surface area contributed by atoms with Gasteiger partial charge in [0.1, 0.15) is 0 Å². The molecular formula is C16H12BrN3O4S. The van der Waals surface area contributed by atoms with Crippen molar-refractivity contribution in [1.29, 1.82) is 0 Å². The highest BCUT2D eigenvalue weighted by atomic mass is 79.9. The summed E-state index contributed by atoms with van der Waals surface area (Å²) in [6, 6.07) is 13.0. The van der Waals surface area contributed by atoms with Gasteiger partial charge in [-0.15, -0.1) is 5.10 Å². The van der Waals surface area contributed by atoms with Gasteiger partial charge in [-0.3, -0.25) is 10.1 Å². The van der Waals surface area contributed by atoms with Crippen molar-refractivity contribution in [2.75, 3.05) is 11.6 Å². The van der Waals surface area contributed by atoms with Gasteiger partial charge in [-0.05, 0) is 30.3 Å². The highest BCUT2D eigenvalue weighted by Crippen LogP contribution is 2.23. The van der Waals surface area contributed by atoms with Crippen LogP contribution in [0.1, 0.15) is 10.4 Å². The Morgan fingerprint density at radius 1 is 1.12 bits per heavy atom.